The third kappa shape index (κ3) is 3.04. The van der Waals surface area contributed by atoms with Crippen LogP contribution in [0.5, 0.6) is 0 Å². The number of carbonyl (C=O) groups is 2. The van der Waals surface area contributed by atoms with Gasteiger partial charge in [-0.05, 0) is 48.1 Å². The lowest BCUT2D eigenvalue weighted by Crippen LogP contribution is -2.53. The van der Waals surface area contributed by atoms with Crippen molar-refractivity contribution in [2.75, 3.05) is 6.54 Å². The van der Waals surface area contributed by atoms with Gasteiger partial charge in [0, 0.05) is 24.6 Å². The van der Waals surface area contributed by atoms with Gasteiger partial charge in [0.2, 0.25) is 0 Å². The SMILES string of the molecule is C=CCN1C(=O)/C(=C\c2cccc(-n3cccc3)c2)C(=O)NC1=S. The Hall–Kier alpha value is -2.99. The zero-order chi connectivity index (χ0) is 17.1. The molecule has 1 saturated heterocycles. The first kappa shape index (κ1) is 15.9. The van der Waals surface area contributed by atoms with E-state index in [-0.39, 0.29) is 17.2 Å². The minimum Gasteiger partial charge on any atom is -0.324 e. The summed E-state index contributed by atoms with van der Waals surface area (Å²) in [5.74, 6) is -0.910. The van der Waals surface area contributed by atoms with E-state index in [1.54, 1.807) is 12.2 Å². The van der Waals surface area contributed by atoms with Gasteiger partial charge in [-0.15, -0.1) is 6.58 Å². The van der Waals surface area contributed by atoms with Crippen LogP contribution in [0.25, 0.3) is 11.8 Å². The molecule has 1 aliphatic heterocycles. The van der Waals surface area contributed by atoms with E-state index in [9.17, 15) is 9.59 Å². The van der Waals surface area contributed by atoms with Crippen LogP contribution in [-0.4, -0.2) is 32.9 Å². The number of benzene rings is 1. The minimum absolute atomic E-state index is 0.0510. The van der Waals surface area contributed by atoms with Crippen molar-refractivity contribution < 1.29 is 9.59 Å². The van der Waals surface area contributed by atoms with Crippen molar-refractivity contribution in [1.82, 2.24) is 14.8 Å². The molecule has 0 radical (unpaired) electrons. The van der Waals surface area contributed by atoms with E-state index in [1.807, 2.05) is 53.4 Å². The fourth-order valence-electron chi connectivity index (χ4n) is 2.44. The number of carbonyl (C=O) groups excluding carboxylic acids is 2. The predicted molar refractivity (Wildman–Crippen MR) is 96.4 cm³/mol. The molecule has 3 rings (SSSR count). The van der Waals surface area contributed by atoms with Crippen LogP contribution < -0.4 is 5.32 Å². The Labute approximate surface area is 144 Å². The van der Waals surface area contributed by atoms with E-state index < -0.39 is 11.8 Å². The number of thiocarbonyl (C=S) groups is 1. The summed E-state index contributed by atoms with van der Waals surface area (Å²) in [4.78, 5) is 26.0. The first-order chi connectivity index (χ1) is 11.6. The zero-order valence-corrected chi connectivity index (χ0v) is 13.6. The van der Waals surface area contributed by atoms with Gasteiger partial charge in [0.15, 0.2) is 5.11 Å². The lowest BCUT2D eigenvalue weighted by molar-refractivity contribution is -0.128. The molecule has 120 valence electrons. The van der Waals surface area contributed by atoms with Crippen LogP contribution in [0, 0.1) is 0 Å². The van der Waals surface area contributed by atoms with E-state index >= 15 is 0 Å². The summed E-state index contributed by atoms with van der Waals surface area (Å²) in [5, 5.41) is 2.63. The van der Waals surface area contributed by atoms with Gasteiger partial charge in [0.1, 0.15) is 5.57 Å². The maximum atomic E-state index is 12.5. The Morgan fingerprint density at radius 3 is 2.62 bits per heavy atom. The molecule has 0 aliphatic carbocycles. The number of aromatic nitrogens is 1. The second kappa shape index (κ2) is 6.64. The van der Waals surface area contributed by atoms with Gasteiger partial charge in [0.05, 0.1) is 0 Å². The molecule has 1 N–H and O–H groups in total. The van der Waals surface area contributed by atoms with Crippen LogP contribution in [0.15, 0.2) is 67.0 Å². The molecule has 2 aromatic rings. The van der Waals surface area contributed by atoms with E-state index in [0.29, 0.717) is 0 Å². The predicted octanol–water partition coefficient (Wildman–Crippen LogP) is 2.29. The Morgan fingerprint density at radius 1 is 1.17 bits per heavy atom. The summed E-state index contributed by atoms with van der Waals surface area (Å²) in [6.45, 7) is 3.85. The second-order valence-electron chi connectivity index (χ2n) is 5.21. The van der Waals surface area contributed by atoms with Gasteiger partial charge in [-0.1, -0.05) is 18.2 Å². The summed E-state index contributed by atoms with van der Waals surface area (Å²) in [6.07, 6.45) is 6.98. The van der Waals surface area contributed by atoms with Gasteiger partial charge in [0.25, 0.3) is 11.8 Å². The van der Waals surface area contributed by atoms with Crippen LogP contribution in [0.1, 0.15) is 5.56 Å². The van der Waals surface area contributed by atoms with Crippen molar-refractivity contribution in [3.05, 3.63) is 72.6 Å². The quantitative estimate of drug-likeness (QED) is 0.403. The van der Waals surface area contributed by atoms with Crippen molar-refractivity contribution in [1.29, 1.82) is 0 Å². The standard InChI is InChI=1S/C18H15N3O2S/c1-2-8-21-17(23)15(16(22)19-18(21)24)12-13-6-5-7-14(11-13)20-9-3-4-10-20/h2-7,9-12H,1,8H2,(H,19,22,24)/b15-12-. The van der Waals surface area contributed by atoms with Crippen molar-refractivity contribution in [3.63, 3.8) is 0 Å². The van der Waals surface area contributed by atoms with Gasteiger partial charge >= 0.3 is 0 Å². The van der Waals surface area contributed by atoms with Crippen molar-refractivity contribution in [3.8, 4) is 5.69 Å². The van der Waals surface area contributed by atoms with Crippen LogP contribution in [-0.2, 0) is 9.59 Å². The van der Waals surface area contributed by atoms with Crippen molar-refractivity contribution >= 4 is 35.2 Å². The van der Waals surface area contributed by atoms with Crippen LogP contribution in [0.3, 0.4) is 0 Å². The number of rotatable bonds is 4. The highest BCUT2D eigenvalue weighted by Crippen LogP contribution is 2.17. The molecule has 1 aromatic heterocycles. The van der Waals surface area contributed by atoms with Crippen LogP contribution in [0.4, 0.5) is 0 Å². The number of nitrogens with one attached hydrogen (secondary N) is 1. The van der Waals surface area contributed by atoms with Crippen LogP contribution in [0.2, 0.25) is 0 Å². The average Bonchev–Trinajstić information content (AvgIpc) is 3.10. The largest absolute Gasteiger partial charge is 0.324 e. The molecule has 0 bridgehead atoms. The van der Waals surface area contributed by atoms with E-state index in [4.69, 9.17) is 12.2 Å². The van der Waals surface area contributed by atoms with Crippen molar-refractivity contribution in [2.24, 2.45) is 0 Å². The van der Waals surface area contributed by atoms with E-state index in [0.717, 1.165) is 11.3 Å². The molecule has 2 heterocycles. The number of amides is 2. The maximum absolute atomic E-state index is 12.5. The van der Waals surface area contributed by atoms with Gasteiger partial charge in [-0.25, -0.2) is 0 Å². The summed E-state index contributed by atoms with van der Waals surface area (Å²) < 4.78 is 1.95. The number of hydrogen-bond acceptors (Lipinski definition) is 3. The van der Waals surface area contributed by atoms with E-state index in [1.165, 1.54) is 4.90 Å². The second-order valence-corrected chi connectivity index (χ2v) is 5.59. The van der Waals surface area contributed by atoms with Crippen LogP contribution >= 0.6 is 12.2 Å². The third-order valence-corrected chi connectivity index (χ3v) is 3.90. The smallest absolute Gasteiger partial charge is 0.265 e. The molecular formula is C18H15N3O2S. The molecule has 6 heteroatoms. The van der Waals surface area contributed by atoms with Gasteiger partial charge in [-0.3, -0.25) is 19.8 Å². The summed E-state index contributed by atoms with van der Waals surface area (Å²) >= 11 is 5.03. The molecule has 2 amide bonds. The molecular weight excluding hydrogens is 322 g/mol. The first-order valence-corrected chi connectivity index (χ1v) is 7.74. The lowest BCUT2D eigenvalue weighted by Gasteiger charge is -2.27. The van der Waals surface area contributed by atoms with Gasteiger partial charge in [-0.2, -0.15) is 0 Å². The average molecular weight is 337 g/mol. The highest BCUT2D eigenvalue weighted by molar-refractivity contribution is 7.80. The molecule has 0 atom stereocenters. The maximum Gasteiger partial charge on any atom is 0.265 e. The molecule has 24 heavy (non-hydrogen) atoms. The molecule has 5 nitrogen and oxygen atoms in total. The number of hydrogen-bond donors (Lipinski definition) is 1. The van der Waals surface area contributed by atoms with Crippen molar-refractivity contribution in [2.45, 2.75) is 0 Å². The minimum atomic E-state index is -0.489. The Morgan fingerprint density at radius 2 is 1.92 bits per heavy atom. The molecule has 0 saturated carbocycles. The zero-order valence-electron chi connectivity index (χ0n) is 12.8. The molecule has 1 aliphatic rings. The molecule has 1 aromatic carbocycles. The Bertz CT molecular complexity index is 853. The normalized spacial score (nSPS) is 16.4. The van der Waals surface area contributed by atoms with Gasteiger partial charge < -0.3 is 4.57 Å². The summed E-state index contributed by atoms with van der Waals surface area (Å²) in [6, 6.07) is 11.4. The summed E-state index contributed by atoms with van der Waals surface area (Å²) in [7, 11) is 0. The Kier molecular flexibility index (Phi) is 4.39. The lowest BCUT2D eigenvalue weighted by atomic mass is 10.1. The fraction of sp³-hybridized carbons (Fsp3) is 0.0556. The molecule has 0 unspecified atom stereocenters. The molecule has 1 fully saturated rings. The highest BCUT2D eigenvalue weighted by Gasteiger charge is 2.32. The number of nitrogens with zero attached hydrogens (tertiary/aromatic N) is 2. The summed E-state index contributed by atoms with van der Waals surface area (Å²) in [5.41, 5.74) is 1.75. The van der Waals surface area contributed by atoms with E-state index in [2.05, 4.69) is 11.9 Å². The monoisotopic (exact) mass is 337 g/mol. The topological polar surface area (TPSA) is 54.3 Å². The third-order valence-electron chi connectivity index (χ3n) is 3.58. The highest BCUT2D eigenvalue weighted by atomic mass is 32.1. The Balaban J connectivity index is 1.96. The molecule has 0 spiro atoms. The first-order valence-electron chi connectivity index (χ1n) is 7.33. The fourth-order valence-corrected chi connectivity index (χ4v) is 2.69.